The molecule has 1 fully saturated rings. The summed E-state index contributed by atoms with van der Waals surface area (Å²) in [5.41, 5.74) is 0.427. The van der Waals surface area contributed by atoms with Crippen molar-refractivity contribution in [2.75, 3.05) is 19.6 Å². The smallest absolute Gasteiger partial charge is 0.196 e. The number of ketones is 1. The fourth-order valence-electron chi connectivity index (χ4n) is 1.99. The fourth-order valence-corrected chi connectivity index (χ4v) is 1.99. The van der Waals surface area contributed by atoms with E-state index in [1.54, 1.807) is 6.20 Å². The predicted molar refractivity (Wildman–Crippen MR) is 64.9 cm³/mol. The molecule has 0 spiro atoms. The second-order valence-corrected chi connectivity index (χ2v) is 4.29. The van der Waals surface area contributed by atoms with Crippen LogP contribution in [0, 0.1) is 0 Å². The standard InChI is InChI=1S/C12H18N4O/c17-12(11-8-13-5-6-16-11)9-14-7-10-3-1-2-4-15-10/h5-6,8,10,14-15H,1-4,7,9H2/t10-/m0/s1. The molecule has 2 heterocycles. The van der Waals surface area contributed by atoms with Gasteiger partial charge in [0.25, 0.3) is 0 Å². The van der Waals surface area contributed by atoms with Gasteiger partial charge in [-0.2, -0.15) is 0 Å². The van der Waals surface area contributed by atoms with Crippen LogP contribution >= 0.6 is 0 Å². The zero-order valence-corrected chi connectivity index (χ0v) is 9.85. The summed E-state index contributed by atoms with van der Waals surface area (Å²) in [6.45, 7) is 2.26. The van der Waals surface area contributed by atoms with E-state index in [2.05, 4.69) is 20.6 Å². The molecular weight excluding hydrogens is 216 g/mol. The highest BCUT2D eigenvalue weighted by Gasteiger charge is 2.13. The minimum atomic E-state index is -0.00564. The Bertz CT molecular complexity index is 349. The highest BCUT2D eigenvalue weighted by molar-refractivity contribution is 5.95. The summed E-state index contributed by atoms with van der Waals surface area (Å²) in [6, 6.07) is 0.499. The molecule has 1 aromatic rings. The zero-order valence-electron chi connectivity index (χ0n) is 9.85. The lowest BCUT2D eigenvalue weighted by Gasteiger charge is -2.23. The number of hydrogen-bond acceptors (Lipinski definition) is 5. The van der Waals surface area contributed by atoms with Crippen LogP contribution in [-0.2, 0) is 0 Å². The van der Waals surface area contributed by atoms with Gasteiger partial charge < -0.3 is 10.6 Å². The van der Waals surface area contributed by atoms with E-state index in [0.717, 1.165) is 13.1 Å². The summed E-state index contributed by atoms with van der Waals surface area (Å²) in [6.07, 6.45) is 8.33. The molecular formula is C12H18N4O. The van der Waals surface area contributed by atoms with Crippen molar-refractivity contribution in [3.63, 3.8) is 0 Å². The van der Waals surface area contributed by atoms with Crippen LogP contribution < -0.4 is 10.6 Å². The molecule has 5 heteroatoms. The molecule has 2 N–H and O–H groups in total. The first-order valence-corrected chi connectivity index (χ1v) is 6.09. The normalized spacial score (nSPS) is 20.1. The SMILES string of the molecule is O=C(CNC[C@@H]1CCCCN1)c1cnccn1. The van der Waals surface area contributed by atoms with Crippen molar-refractivity contribution >= 4 is 5.78 Å². The minimum Gasteiger partial charge on any atom is -0.313 e. The first-order chi connectivity index (χ1) is 8.36. The molecule has 1 atom stereocenters. The van der Waals surface area contributed by atoms with Crippen molar-refractivity contribution in [1.82, 2.24) is 20.6 Å². The quantitative estimate of drug-likeness (QED) is 0.721. The maximum absolute atomic E-state index is 11.7. The molecule has 0 radical (unpaired) electrons. The van der Waals surface area contributed by atoms with Crippen molar-refractivity contribution < 1.29 is 4.79 Å². The number of nitrogens with one attached hydrogen (secondary N) is 2. The van der Waals surface area contributed by atoms with Crippen LogP contribution in [0.25, 0.3) is 0 Å². The van der Waals surface area contributed by atoms with Gasteiger partial charge in [-0.05, 0) is 19.4 Å². The Hall–Kier alpha value is -1.33. The molecule has 0 unspecified atom stereocenters. The molecule has 0 amide bonds. The lowest BCUT2D eigenvalue weighted by Crippen LogP contribution is -2.42. The van der Waals surface area contributed by atoms with Crippen LogP contribution in [0.1, 0.15) is 29.8 Å². The van der Waals surface area contributed by atoms with Crippen molar-refractivity contribution in [2.45, 2.75) is 25.3 Å². The number of nitrogens with zero attached hydrogens (tertiary/aromatic N) is 2. The molecule has 2 rings (SSSR count). The summed E-state index contributed by atoms with van der Waals surface area (Å²) in [5.74, 6) is -0.00564. The van der Waals surface area contributed by atoms with E-state index in [-0.39, 0.29) is 5.78 Å². The van der Waals surface area contributed by atoms with Crippen LogP contribution in [0.2, 0.25) is 0 Å². The summed E-state index contributed by atoms with van der Waals surface area (Å²) >= 11 is 0. The fraction of sp³-hybridized carbons (Fsp3) is 0.583. The summed E-state index contributed by atoms with van der Waals surface area (Å²) in [4.78, 5) is 19.6. The summed E-state index contributed by atoms with van der Waals surface area (Å²) < 4.78 is 0. The lowest BCUT2D eigenvalue weighted by atomic mass is 10.1. The number of hydrogen-bond donors (Lipinski definition) is 2. The number of carbonyl (C=O) groups excluding carboxylic acids is 1. The van der Waals surface area contributed by atoms with Gasteiger partial charge in [0.15, 0.2) is 5.78 Å². The van der Waals surface area contributed by atoms with Crippen molar-refractivity contribution in [2.24, 2.45) is 0 Å². The van der Waals surface area contributed by atoms with Gasteiger partial charge in [-0.1, -0.05) is 6.42 Å². The van der Waals surface area contributed by atoms with Gasteiger partial charge in [-0.3, -0.25) is 9.78 Å². The van der Waals surface area contributed by atoms with Crippen LogP contribution in [0.15, 0.2) is 18.6 Å². The van der Waals surface area contributed by atoms with E-state index < -0.39 is 0 Å². The summed E-state index contributed by atoms with van der Waals surface area (Å²) in [5, 5.41) is 6.60. The third-order valence-electron chi connectivity index (χ3n) is 2.94. The number of carbonyl (C=O) groups is 1. The van der Waals surface area contributed by atoms with Gasteiger partial charge in [0.05, 0.1) is 12.7 Å². The van der Waals surface area contributed by atoms with Gasteiger partial charge in [0.2, 0.25) is 0 Å². The topological polar surface area (TPSA) is 66.9 Å². The lowest BCUT2D eigenvalue weighted by molar-refractivity contribution is 0.0985. The van der Waals surface area contributed by atoms with Gasteiger partial charge in [-0.25, -0.2) is 4.98 Å². The van der Waals surface area contributed by atoms with Crippen molar-refractivity contribution in [3.05, 3.63) is 24.3 Å². The van der Waals surface area contributed by atoms with Gasteiger partial charge in [-0.15, -0.1) is 0 Å². The third-order valence-corrected chi connectivity index (χ3v) is 2.94. The Morgan fingerprint density at radius 1 is 1.47 bits per heavy atom. The van der Waals surface area contributed by atoms with Crippen LogP contribution in [0.5, 0.6) is 0 Å². The predicted octanol–water partition coefficient (Wildman–Crippen LogP) is 0.391. The number of rotatable bonds is 5. The van der Waals surface area contributed by atoms with E-state index in [1.807, 2.05) is 0 Å². The molecule has 1 aliphatic heterocycles. The molecule has 0 aliphatic carbocycles. The number of aromatic nitrogens is 2. The Balaban J connectivity index is 1.69. The van der Waals surface area contributed by atoms with E-state index in [4.69, 9.17) is 0 Å². The maximum Gasteiger partial charge on any atom is 0.196 e. The zero-order chi connectivity index (χ0) is 11.9. The number of Topliss-reactive ketones (excluding diaryl/α,β-unsaturated/α-hetero) is 1. The van der Waals surface area contributed by atoms with Gasteiger partial charge in [0.1, 0.15) is 5.69 Å². The molecule has 5 nitrogen and oxygen atoms in total. The maximum atomic E-state index is 11.7. The molecule has 1 saturated heterocycles. The Labute approximate surface area is 101 Å². The number of piperidine rings is 1. The second kappa shape index (κ2) is 6.42. The van der Waals surface area contributed by atoms with E-state index in [9.17, 15) is 4.79 Å². The van der Waals surface area contributed by atoms with E-state index in [0.29, 0.717) is 18.3 Å². The Kier molecular flexibility index (Phi) is 4.58. The molecule has 1 aliphatic rings. The second-order valence-electron chi connectivity index (χ2n) is 4.29. The van der Waals surface area contributed by atoms with Crippen molar-refractivity contribution in [3.8, 4) is 0 Å². The summed E-state index contributed by atoms with van der Waals surface area (Å²) in [7, 11) is 0. The molecule has 0 bridgehead atoms. The minimum absolute atomic E-state index is 0.00564. The molecule has 17 heavy (non-hydrogen) atoms. The Morgan fingerprint density at radius 3 is 3.12 bits per heavy atom. The van der Waals surface area contributed by atoms with Gasteiger partial charge >= 0.3 is 0 Å². The molecule has 0 aromatic carbocycles. The average Bonchev–Trinajstić information content (AvgIpc) is 2.41. The highest BCUT2D eigenvalue weighted by Crippen LogP contribution is 2.05. The van der Waals surface area contributed by atoms with Gasteiger partial charge in [0, 0.05) is 25.0 Å². The first kappa shape index (κ1) is 12.1. The van der Waals surface area contributed by atoms with Crippen LogP contribution in [0.4, 0.5) is 0 Å². The van der Waals surface area contributed by atoms with Crippen LogP contribution in [0.3, 0.4) is 0 Å². The van der Waals surface area contributed by atoms with E-state index >= 15 is 0 Å². The largest absolute Gasteiger partial charge is 0.313 e. The third kappa shape index (κ3) is 3.87. The first-order valence-electron chi connectivity index (χ1n) is 6.09. The van der Waals surface area contributed by atoms with Crippen LogP contribution in [-0.4, -0.2) is 41.4 Å². The molecule has 0 saturated carbocycles. The molecule has 92 valence electrons. The van der Waals surface area contributed by atoms with Crippen molar-refractivity contribution in [1.29, 1.82) is 0 Å². The Morgan fingerprint density at radius 2 is 2.41 bits per heavy atom. The highest BCUT2D eigenvalue weighted by atomic mass is 16.1. The average molecular weight is 234 g/mol. The monoisotopic (exact) mass is 234 g/mol. The van der Waals surface area contributed by atoms with E-state index in [1.165, 1.54) is 31.7 Å². The molecule has 1 aromatic heterocycles.